The maximum Gasteiger partial charge on any atom is 0.265 e. The molecule has 0 radical (unpaired) electrons. The second-order valence-corrected chi connectivity index (χ2v) is 5.36. The summed E-state index contributed by atoms with van der Waals surface area (Å²) in [5, 5.41) is 5.15. The summed E-state index contributed by atoms with van der Waals surface area (Å²) >= 11 is 1.35. The van der Waals surface area contributed by atoms with Gasteiger partial charge in [0.2, 0.25) is 5.91 Å². The maximum absolute atomic E-state index is 11.8. The minimum Gasteiger partial charge on any atom is -0.364 e. The lowest BCUT2D eigenvalue weighted by molar-refractivity contribution is -0.119. The molecular formula is C13H16N4O2S. The molecule has 106 valence electrons. The van der Waals surface area contributed by atoms with Crippen LogP contribution in [0, 0.1) is 5.92 Å². The van der Waals surface area contributed by atoms with Gasteiger partial charge in [-0.1, -0.05) is 13.8 Å². The van der Waals surface area contributed by atoms with Crippen molar-refractivity contribution in [2.24, 2.45) is 11.7 Å². The van der Waals surface area contributed by atoms with Crippen molar-refractivity contribution in [3.8, 4) is 11.3 Å². The Hall–Kier alpha value is -2.15. The van der Waals surface area contributed by atoms with E-state index in [1.54, 1.807) is 12.3 Å². The van der Waals surface area contributed by atoms with Gasteiger partial charge in [-0.05, 0) is 12.5 Å². The average molecular weight is 292 g/mol. The first-order valence-corrected chi connectivity index (χ1v) is 7.14. The molecule has 7 heteroatoms. The molecule has 0 aromatic carbocycles. The molecule has 2 rings (SSSR count). The van der Waals surface area contributed by atoms with E-state index in [9.17, 15) is 9.59 Å². The van der Waals surface area contributed by atoms with Gasteiger partial charge in [0.25, 0.3) is 5.91 Å². The van der Waals surface area contributed by atoms with Crippen molar-refractivity contribution in [3.63, 3.8) is 0 Å². The van der Waals surface area contributed by atoms with Crippen LogP contribution in [0.4, 0.5) is 5.13 Å². The summed E-state index contributed by atoms with van der Waals surface area (Å²) in [6, 6.07) is 1.64. The number of H-pyrrole nitrogens is 1. The quantitative estimate of drug-likeness (QED) is 0.787. The number of nitrogens with two attached hydrogens (primary N) is 1. The zero-order valence-electron chi connectivity index (χ0n) is 11.3. The van der Waals surface area contributed by atoms with Gasteiger partial charge < -0.3 is 16.0 Å². The molecule has 4 N–H and O–H groups in total. The van der Waals surface area contributed by atoms with E-state index in [0.29, 0.717) is 16.5 Å². The lowest BCUT2D eigenvalue weighted by Gasteiger charge is -2.06. The first-order valence-electron chi connectivity index (χ1n) is 6.26. The summed E-state index contributed by atoms with van der Waals surface area (Å²) in [7, 11) is 0. The number of anilines is 1. The monoisotopic (exact) mass is 292 g/mol. The fraction of sp³-hybridized carbons (Fsp3) is 0.308. The van der Waals surface area contributed by atoms with E-state index in [-0.39, 0.29) is 11.8 Å². The van der Waals surface area contributed by atoms with Gasteiger partial charge in [0, 0.05) is 23.1 Å². The highest BCUT2D eigenvalue weighted by molar-refractivity contribution is 7.14. The predicted molar refractivity (Wildman–Crippen MR) is 78.5 cm³/mol. The number of rotatable bonds is 5. The Bertz CT molecular complexity index is 632. The summed E-state index contributed by atoms with van der Waals surface area (Å²) in [6.07, 6.45) is 2.44. The Morgan fingerprint density at radius 1 is 1.55 bits per heavy atom. The number of aromatic amines is 1. The van der Waals surface area contributed by atoms with E-state index in [1.165, 1.54) is 11.3 Å². The summed E-state index contributed by atoms with van der Waals surface area (Å²) in [6.45, 7) is 3.83. The summed E-state index contributed by atoms with van der Waals surface area (Å²) in [4.78, 5) is 29.9. The molecule has 2 aromatic heterocycles. The number of hydrogen-bond donors (Lipinski definition) is 3. The van der Waals surface area contributed by atoms with Gasteiger partial charge in [0.1, 0.15) is 5.69 Å². The van der Waals surface area contributed by atoms with E-state index < -0.39 is 5.91 Å². The van der Waals surface area contributed by atoms with Gasteiger partial charge in [0.05, 0.1) is 5.69 Å². The van der Waals surface area contributed by atoms with Gasteiger partial charge in [-0.2, -0.15) is 0 Å². The number of aromatic nitrogens is 2. The summed E-state index contributed by atoms with van der Waals surface area (Å²) < 4.78 is 0. The van der Waals surface area contributed by atoms with Gasteiger partial charge in [-0.25, -0.2) is 4.98 Å². The van der Waals surface area contributed by atoms with Gasteiger partial charge in [-0.15, -0.1) is 11.3 Å². The van der Waals surface area contributed by atoms with E-state index in [2.05, 4.69) is 15.3 Å². The zero-order chi connectivity index (χ0) is 14.7. The molecule has 2 amide bonds. The third-order valence-electron chi connectivity index (χ3n) is 3.04. The molecule has 1 unspecified atom stereocenters. The number of carbonyl (C=O) groups excluding carboxylic acids is 2. The number of nitrogens with one attached hydrogen (secondary N) is 2. The number of amides is 2. The minimum absolute atomic E-state index is 0.0414. The minimum atomic E-state index is -0.517. The third-order valence-corrected chi connectivity index (χ3v) is 3.80. The van der Waals surface area contributed by atoms with Crippen LogP contribution in [0.3, 0.4) is 0 Å². The Kier molecular flexibility index (Phi) is 4.19. The lowest BCUT2D eigenvalue weighted by Crippen LogP contribution is -2.19. The number of thiazole rings is 1. The predicted octanol–water partition coefficient (Wildman–Crippen LogP) is 2.22. The standard InChI is InChI=1S/C13H16N4O2S/c1-3-7(2)12(19)17-13-16-10(6-20-13)8-4-9(11(14)18)15-5-8/h4-7,15H,3H2,1-2H3,(H2,14,18)(H,16,17,19). The van der Waals surface area contributed by atoms with Crippen LogP contribution in [0.15, 0.2) is 17.6 Å². The normalized spacial score (nSPS) is 12.1. The molecule has 0 aliphatic heterocycles. The number of primary amides is 1. The van der Waals surface area contributed by atoms with Crippen molar-refractivity contribution in [2.45, 2.75) is 20.3 Å². The highest BCUT2D eigenvalue weighted by Crippen LogP contribution is 2.25. The Labute approximate surface area is 120 Å². The number of nitrogens with zero attached hydrogens (tertiary/aromatic N) is 1. The van der Waals surface area contributed by atoms with Crippen LogP contribution in [0.5, 0.6) is 0 Å². The van der Waals surface area contributed by atoms with E-state index >= 15 is 0 Å². The number of hydrogen-bond acceptors (Lipinski definition) is 4. The average Bonchev–Trinajstić information content (AvgIpc) is 3.05. The van der Waals surface area contributed by atoms with Crippen molar-refractivity contribution >= 4 is 28.3 Å². The van der Waals surface area contributed by atoms with Crippen LogP contribution in [0.25, 0.3) is 11.3 Å². The van der Waals surface area contributed by atoms with Crippen molar-refractivity contribution < 1.29 is 9.59 Å². The van der Waals surface area contributed by atoms with Crippen LogP contribution in [-0.2, 0) is 4.79 Å². The van der Waals surface area contributed by atoms with Crippen molar-refractivity contribution in [3.05, 3.63) is 23.3 Å². The third kappa shape index (κ3) is 3.05. The molecule has 2 heterocycles. The topological polar surface area (TPSA) is 101 Å². The molecule has 0 saturated carbocycles. The van der Waals surface area contributed by atoms with E-state index in [0.717, 1.165) is 12.0 Å². The molecule has 0 aliphatic carbocycles. The fourth-order valence-corrected chi connectivity index (χ4v) is 2.28. The smallest absolute Gasteiger partial charge is 0.265 e. The molecule has 2 aromatic rings. The SMILES string of the molecule is CCC(C)C(=O)Nc1nc(-c2c[nH]c(C(N)=O)c2)cs1. The molecule has 1 atom stereocenters. The van der Waals surface area contributed by atoms with Crippen molar-refractivity contribution in [1.29, 1.82) is 0 Å². The first-order chi connectivity index (χ1) is 9.51. The molecule has 20 heavy (non-hydrogen) atoms. The van der Waals surface area contributed by atoms with Gasteiger partial charge in [0.15, 0.2) is 5.13 Å². The van der Waals surface area contributed by atoms with Crippen LogP contribution in [-0.4, -0.2) is 21.8 Å². The molecular weight excluding hydrogens is 276 g/mol. The largest absolute Gasteiger partial charge is 0.364 e. The Morgan fingerprint density at radius 3 is 2.90 bits per heavy atom. The van der Waals surface area contributed by atoms with Gasteiger partial charge in [-0.3, -0.25) is 9.59 Å². The summed E-state index contributed by atoms with van der Waals surface area (Å²) in [5.74, 6) is -0.604. The Morgan fingerprint density at radius 2 is 2.30 bits per heavy atom. The van der Waals surface area contributed by atoms with Crippen LogP contribution in [0.2, 0.25) is 0 Å². The Balaban J connectivity index is 2.12. The maximum atomic E-state index is 11.8. The highest BCUT2D eigenvalue weighted by Gasteiger charge is 2.14. The second-order valence-electron chi connectivity index (χ2n) is 4.50. The zero-order valence-corrected chi connectivity index (χ0v) is 12.1. The molecule has 6 nitrogen and oxygen atoms in total. The molecule has 0 bridgehead atoms. The highest BCUT2D eigenvalue weighted by atomic mass is 32.1. The molecule has 0 saturated heterocycles. The van der Waals surface area contributed by atoms with Crippen molar-refractivity contribution in [2.75, 3.05) is 5.32 Å². The van der Waals surface area contributed by atoms with Crippen LogP contribution < -0.4 is 11.1 Å². The van der Waals surface area contributed by atoms with E-state index in [1.807, 2.05) is 19.2 Å². The van der Waals surface area contributed by atoms with Gasteiger partial charge >= 0.3 is 0 Å². The van der Waals surface area contributed by atoms with Crippen molar-refractivity contribution in [1.82, 2.24) is 9.97 Å². The van der Waals surface area contributed by atoms with Crippen LogP contribution in [0.1, 0.15) is 30.8 Å². The fourth-order valence-electron chi connectivity index (χ4n) is 1.56. The molecule has 0 spiro atoms. The molecule has 0 fully saturated rings. The van der Waals surface area contributed by atoms with Crippen LogP contribution >= 0.6 is 11.3 Å². The van der Waals surface area contributed by atoms with E-state index in [4.69, 9.17) is 5.73 Å². The number of carbonyl (C=O) groups is 2. The lowest BCUT2D eigenvalue weighted by atomic mass is 10.1. The second kappa shape index (κ2) is 5.87. The summed E-state index contributed by atoms with van der Waals surface area (Å²) in [5.41, 5.74) is 6.97. The first kappa shape index (κ1) is 14.3. The molecule has 0 aliphatic rings.